The second-order valence-electron chi connectivity index (χ2n) is 17.2. The van der Waals surface area contributed by atoms with E-state index >= 15 is 0 Å². The minimum atomic E-state index is -4.50. The molecule has 3 saturated heterocycles. The van der Waals surface area contributed by atoms with E-state index in [2.05, 4.69) is 15.5 Å². The summed E-state index contributed by atoms with van der Waals surface area (Å²) in [5.41, 5.74) is 4.23. The number of carbonyl (C=O) groups is 5. The van der Waals surface area contributed by atoms with Gasteiger partial charge in [-0.3, -0.25) is 39.1 Å². The van der Waals surface area contributed by atoms with Crippen molar-refractivity contribution in [2.45, 2.75) is 69.9 Å². The van der Waals surface area contributed by atoms with Crippen LogP contribution in [0.5, 0.6) is 11.5 Å². The molecule has 0 spiro atoms. The molecular formula is C45H53F3N8O8. The van der Waals surface area contributed by atoms with Gasteiger partial charge in [-0.2, -0.15) is 13.2 Å². The van der Waals surface area contributed by atoms with Gasteiger partial charge in [-0.15, -0.1) is 0 Å². The summed E-state index contributed by atoms with van der Waals surface area (Å²) in [6.45, 7) is 2.79. The second-order valence-corrected chi connectivity index (χ2v) is 17.2. The molecule has 2 aromatic carbocycles. The molecule has 2 unspecified atom stereocenters. The number of ether oxygens (including phenoxy) is 2. The molecule has 2 N–H and O–H groups in total. The second kappa shape index (κ2) is 17.9. The van der Waals surface area contributed by atoms with Crippen LogP contribution in [0.15, 0.2) is 41.3 Å². The Morgan fingerprint density at radius 2 is 1.56 bits per heavy atom. The molecule has 8 rings (SSSR count). The summed E-state index contributed by atoms with van der Waals surface area (Å²) in [7, 11) is 6.12. The fourth-order valence-electron chi connectivity index (χ4n) is 9.96. The van der Waals surface area contributed by atoms with Crippen LogP contribution >= 0.6 is 0 Å². The molecule has 3 fully saturated rings. The Morgan fingerprint density at radius 3 is 2.22 bits per heavy atom. The number of fused-ring (bicyclic) bond motifs is 2. The molecular weight excluding hydrogens is 838 g/mol. The molecule has 0 bridgehead atoms. The quantitative estimate of drug-likeness (QED) is 0.286. The summed E-state index contributed by atoms with van der Waals surface area (Å²) < 4.78 is 57.7. The van der Waals surface area contributed by atoms with Crippen molar-refractivity contribution in [2.24, 2.45) is 13.0 Å². The Morgan fingerprint density at radius 1 is 0.859 bits per heavy atom. The van der Waals surface area contributed by atoms with Gasteiger partial charge in [-0.25, -0.2) is 4.79 Å². The standard InChI is InChI=1S/C45H53F3N8O8/c1-49-44(62)55-16-12-29-32(22-51(2)41(59)33(29)23-55)27-19-36(63-3)34(37(20-27)64-4)24-54-18-17-52(25-38(54)45(46,47)48)13-9-26-10-14-53(15-11-26)28-5-6-30-31(21-28)43(61)56(42(30)60)35-7-8-39(57)50-40(35)58/h5-6,19-22,26,35,38H,7-18,23-25H2,1-4H3,(H,49,62)(H,50,57,58). The molecule has 2 atom stereocenters. The average molecular weight is 891 g/mol. The summed E-state index contributed by atoms with van der Waals surface area (Å²) in [5.74, 6) is -1.20. The molecule has 3 aromatic rings. The monoisotopic (exact) mass is 890 g/mol. The zero-order valence-corrected chi connectivity index (χ0v) is 36.4. The van der Waals surface area contributed by atoms with Crippen LogP contribution in [0.3, 0.4) is 0 Å². The van der Waals surface area contributed by atoms with Crippen molar-refractivity contribution in [1.29, 1.82) is 0 Å². The molecule has 16 nitrogen and oxygen atoms in total. The van der Waals surface area contributed by atoms with Gasteiger partial charge < -0.3 is 34.1 Å². The third-order valence-electron chi connectivity index (χ3n) is 13.6. The number of pyridine rings is 1. The number of imide groups is 2. The number of hydrogen-bond acceptors (Lipinski definition) is 11. The lowest BCUT2D eigenvalue weighted by atomic mass is 9.91. The van der Waals surface area contributed by atoms with Crippen molar-refractivity contribution in [2.75, 3.05) is 72.0 Å². The van der Waals surface area contributed by atoms with Crippen molar-refractivity contribution in [3.63, 3.8) is 0 Å². The van der Waals surface area contributed by atoms with Gasteiger partial charge in [-0.1, -0.05) is 0 Å². The van der Waals surface area contributed by atoms with E-state index in [0.717, 1.165) is 41.0 Å². The van der Waals surface area contributed by atoms with Crippen LogP contribution in [-0.4, -0.2) is 139 Å². The number of halogens is 3. The average Bonchev–Trinajstić information content (AvgIpc) is 3.54. The van der Waals surface area contributed by atoms with Crippen LogP contribution in [0.1, 0.15) is 69.5 Å². The van der Waals surface area contributed by atoms with E-state index in [9.17, 15) is 41.9 Å². The normalized spacial score (nSPS) is 21.2. The first kappa shape index (κ1) is 44.6. The van der Waals surface area contributed by atoms with Gasteiger partial charge in [0.05, 0.1) is 37.5 Å². The molecule has 0 aliphatic carbocycles. The van der Waals surface area contributed by atoms with Gasteiger partial charge in [0, 0.05) is 89.3 Å². The van der Waals surface area contributed by atoms with Gasteiger partial charge in [0.1, 0.15) is 23.6 Å². The number of piperazine rings is 1. The maximum Gasteiger partial charge on any atom is 0.405 e. The van der Waals surface area contributed by atoms with E-state index in [-0.39, 0.29) is 61.7 Å². The third kappa shape index (κ3) is 8.54. The summed E-state index contributed by atoms with van der Waals surface area (Å²) in [6, 6.07) is 5.58. The first-order chi connectivity index (χ1) is 30.6. The minimum Gasteiger partial charge on any atom is -0.496 e. The fraction of sp³-hybridized carbons (Fsp3) is 0.511. The van der Waals surface area contributed by atoms with Crippen molar-refractivity contribution >= 4 is 35.3 Å². The van der Waals surface area contributed by atoms with Gasteiger partial charge in [0.25, 0.3) is 17.4 Å². The number of methoxy groups -OCH3 is 2. The molecule has 5 aliphatic rings. The maximum atomic E-state index is 14.9. The Hall–Kier alpha value is -5.95. The minimum absolute atomic E-state index is 0.0400. The van der Waals surface area contributed by atoms with Crippen LogP contribution in [0.2, 0.25) is 0 Å². The summed E-state index contributed by atoms with van der Waals surface area (Å²) >= 11 is 0. The van der Waals surface area contributed by atoms with Crippen molar-refractivity contribution in [3.8, 4) is 22.6 Å². The number of alkyl halides is 3. The van der Waals surface area contributed by atoms with Gasteiger partial charge in [0.15, 0.2) is 0 Å². The van der Waals surface area contributed by atoms with E-state index in [0.29, 0.717) is 73.3 Å². The smallest absolute Gasteiger partial charge is 0.405 e. The predicted molar refractivity (Wildman–Crippen MR) is 228 cm³/mol. The fourth-order valence-corrected chi connectivity index (χ4v) is 9.96. The molecule has 6 heterocycles. The van der Waals surface area contributed by atoms with Crippen molar-refractivity contribution < 1.29 is 46.6 Å². The number of anilines is 1. The zero-order chi connectivity index (χ0) is 45.6. The zero-order valence-electron chi connectivity index (χ0n) is 36.4. The largest absolute Gasteiger partial charge is 0.496 e. The Labute approximate surface area is 368 Å². The summed E-state index contributed by atoms with van der Waals surface area (Å²) in [6.07, 6.45) is 0.140. The van der Waals surface area contributed by atoms with Crippen LogP contribution in [0.25, 0.3) is 11.1 Å². The molecule has 6 amide bonds. The molecule has 0 saturated carbocycles. The Kier molecular flexibility index (Phi) is 12.5. The molecule has 0 radical (unpaired) electrons. The Balaban J connectivity index is 0.897. The van der Waals surface area contributed by atoms with E-state index in [1.54, 1.807) is 48.5 Å². The maximum absolute atomic E-state index is 14.9. The SMILES string of the molecule is CNC(=O)N1CCc2c(-c3cc(OC)c(CN4CCN(CCC5CCN(c6ccc7c(c6)C(=O)N(C6CCC(=O)NC6=O)C7=O)CC5)CC4C(F)(F)F)c(OC)c3)cn(C)c(=O)c2C1. The van der Waals surface area contributed by atoms with E-state index in [1.807, 2.05) is 4.90 Å². The van der Waals surface area contributed by atoms with Crippen molar-refractivity contribution in [1.82, 2.24) is 34.8 Å². The highest BCUT2D eigenvalue weighted by molar-refractivity contribution is 6.23. The highest BCUT2D eigenvalue weighted by atomic mass is 19.4. The molecule has 342 valence electrons. The number of nitrogens with one attached hydrogen (secondary N) is 2. The number of aromatic nitrogens is 1. The van der Waals surface area contributed by atoms with Gasteiger partial charge in [-0.05, 0) is 86.0 Å². The molecule has 1 aromatic heterocycles. The lowest BCUT2D eigenvalue weighted by Gasteiger charge is -2.43. The van der Waals surface area contributed by atoms with Crippen LogP contribution in [-0.2, 0) is 36.1 Å². The van der Waals surface area contributed by atoms with Crippen molar-refractivity contribution in [3.05, 3.63) is 74.7 Å². The Bertz CT molecular complexity index is 2410. The number of rotatable bonds is 10. The van der Waals surface area contributed by atoms with Crippen LogP contribution in [0, 0.1) is 5.92 Å². The number of benzene rings is 2. The first-order valence-corrected chi connectivity index (χ1v) is 21.7. The van der Waals surface area contributed by atoms with Crippen LogP contribution in [0.4, 0.5) is 23.7 Å². The molecule has 64 heavy (non-hydrogen) atoms. The van der Waals surface area contributed by atoms with E-state index in [4.69, 9.17) is 9.47 Å². The first-order valence-electron chi connectivity index (χ1n) is 21.7. The summed E-state index contributed by atoms with van der Waals surface area (Å²) in [4.78, 5) is 84.3. The topological polar surface area (TPSA) is 166 Å². The number of hydrogen-bond donors (Lipinski definition) is 2. The molecule has 19 heteroatoms. The van der Waals surface area contributed by atoms with Gasteiger partial charge in [0.2, 0.25) is 11.8 Å². The number of carbonyl (C=O) groups excluding carboxylic acids is 5. The lowest BCUT2D eigenvalue weighted by molar-refractivity contribution is -0.199. The van der Waals surface area contributed by atoms with Gasteiger partial charge >= 0.3 is 12.2 Å². The lowest BCUT2D eigenvalue weighted by Crippen LogP contribution is -2.58. The number of nitrogens with zero attached hydrogens (tertiary/aromatic N) is 6. The number of piperidine rings is 2. The number of urea groups is 1. The van der Waals surface area contributed by atoms with Crippen LogP contribution < -0.4 is 30.6 Å². The van der Waals surface area contributed by atoms with E-state index < -0.39 is 41.9 Å². The molecule has 5 aliphatic heterocycles. The highest BCUT2D eigenvalue weighted by Gasteiger charge is 2.47. The predicted octanol–water partition coefficient (Wildman–Crippen LogP) is 3.52. The number of amides is 6. The highest BCUT2D eigenvalue weighted by Crippen LogP contribution is 2.40. The summed E-state index contributed by atoms with van der Waals surface area (Å²) in [5, 5.41) is 4.82. The number of aryl methyl sites for hydroxylation is 1. The third-order valence-corrected chi connectivity index (χ3v) is 13.6. The van der Waals surface area contributed by atoms with E-state index in [1.165, 1.54) is 30.7 Å².